The fourth-order valence-electron chi connectivity index (χ4n) is 4.66. The first-order valence-electron chi connectivity index (χ1n) is 12.2. The van der Waals surface area contributed by atoms with E-state index in [0.717, 1.165) is 42.4 Å². The van der Waals surface area contributed by atoms with Crippen LogP contribution in [0.4, 0.5) is 0 Å². The van der Waals surface area contributed by atoms with Crippen LogP contribution in [0.15, 0.2) is 72.8 Å². The van der Waals surface area contributed by atoms with Crippen molar-refractivity contribution < 1.29 is 9.59 Å². The zero-order valence-electron chi connectivity index (χ0n) is 19.9. The highest BCUT2D eigenvalue weighted by Crippen LogP contribution is 2.25. The van der Waals surface area contributed by atoms with E-state index in [-0.39, 0.29) is 30.8 Å². The molecular weight excluding hydrogens is 515 g/mol. The standard InChI is InChI=1S/C29H29Cl3N2O2/c30-24-13-7-4-10-22(24)19-34(28(35)18-21-14-15-25(31)26(32)16-21)27(17-20-8-2-1-3-9-20)29(36)33-23-11-5-6-12-23/h1-4,7-10,13-16,23,27H,5-6,11-12,17-19H2,(H,33,36)/t27-/m1/s1. The fraction of sp³-hybridized carbons (Fsp3) is 0.310. The van der Waals surface area contributed by atoms with Gasteiger partial charge in [-0.25, -0.2) is 0 Å². The average molecular weight is 544 g/mol. The predicted octanol–water partition coefficient (Wildman–Crippen LogP) is 6.89. The van der Waals surface area contributed by atoms with Gasteiger partial charge in [-0.3, -0.25) is 9.59 Å². The van der Waals surface area contributed by atoms with Crippen molar-refractivity contribution in [2.75, 3.05) is 0 Å². The summed E-state index contributed by atoms with van der Waals surface area (Å²) in [6.45, 7) is 0.218. The average Bonchev–Trinajstić information content (AvgIpc) is 3.38. The minimum atomic E-state index is -0.695. The van der Waals surface area contributed by atoms with Crippen molar-refractivity contribution in [1.82, 2.24) is 10.2 Å². The number of halogens is 3. The first-order valence-corrected chi connectivity index (χ1v) is 13.3. The molecule has 0 heterocycles. The molecule has 0 radical (unpaired) electrons. The summed E-state index contributed by atoms with van der Waals surface area (Å²) in [4.78, 5) is 29.2. The molecule has 3 aromatic rings. The van der Waals surface area contributed by atoms with Gasteiger partial charge >= 0.3 is 0 Å². The Balaban J connectivity index is 1.67. The SMILES string of the molecule is O=C(NC1CCCC1)[C@@H](Cc1ccccc1)N(Cc1ccccc1Cl)C(=O)Cc1ccc(Cl)c(Cl)c1. The summed E-state index contributed by atoms with van der Waals surface area (Å²) >= 11 is 18.8. The van der Waals surface area contributed by atoms with Gasteiger partial charge in [0.2, 0.25) is 11.8 Å². The third kappa shape index (κ3) is 7.03. The van der Waals surface area contributed by atoms with Crippen LogP contribution in [0.25, 0.3) is 0 Å². The van der Waals surface area contributed by atoms with Gasteiger partial charge in [-0.15, -0.1) is 0 Å². The number of carbonyl (C=O) groups is 2. The van der Waals surface area contributed by atoms with Crippen molar-refractivity contribution in [1.29, 1.82) is 0 Å². The normalized spacial score (nSPS) is 14.4. The van der Waals surface area contributed by atoms with Crippen molar-refractivity contribution in [3.05, 3.63) is 105 Å². The van der Waals surface area contributed by atoms with Gasteiger partial charge in [0, 0.05) is 24.0 Å². The Labute approximate surface area is 227 Å². The van der Waals surface area contributed by atoms with Gasteiger partial charge in [-0.2, -0.15) is 0 Å². The van der Waals surface area contributed by atoms with Crippen LogP contribution in [0.3, 0.4) is 0 Å². The molecule has 1 saturated carbocycles. The smallest absolute Gasteiger partial charge is 0.243 e. The molecule has 7 heteroatoms. The van der Waals surface area contributed by atoms with Crippen molar-refractivity contribution in [2.24, 2.45) is 0 Å². The summed E-state index contributed by atoms with van der Waals surface area (Å²) in [5.74, 6) is -0.323. The second-order valence-corrected chi connectivity index (χ2v) is 10.5. The quantitative estimate of drug-likeness (QED) is 0.319. The minimum absolute atomic E-state index is 0.0866. The van der Waals surface area contributed by atoms with E-state index < -0.39 is 6.04 Å². The minimum Gasteiger partial charge on any atom is -0.352 e. The number of rotatable bonds is 9. The summed E-state index contributed by atoms with van der Waals surface area (Å²) in [5.41, 5.74) is 2.50. The van der Waals surface area contributed by atoms with Crippen molar-refractivity contribution in [2.45, 2.75) is 57.2 Å². The van der Waals surface area contributed by atoms with E-state index in [1.54, 1.807) is 29.2 Å². The van der Waals surface area contributed by atoms with Crippen LogP contribution < -0.4 is 5.32 Å². The first kappa shape index (κ1) is 26.5. The van der Waals surface area contributed by atoms with E-state index in [9.17, 15) is 9.59 Å². The Morgan fingerprint density at radius 1 is 0.833 bits per heavy atom. The Morgan fingerprint density at radius 2 is 1.53 bits per heavy atom. The topological polar surface area (TPSA) is 49.4 Å². The van der Waals surface area contributed by atoms with E-state index in [2.05, 4.69) is 5.32 Å². The highest BCUT2D eigenvalue weighted by atomic mass is 35.5. The van der Waals surface area contributed by atoms with E-state index in [4.69, 9.17) is 34.8 Å². The molecule has 1 aliphatic rings. The Morgan fingerprint density at radius 3 is 2.22 bits per heavy atom. The lowest BCUT2D eigenvalue weighted by atomic mass is 10.0. The number of hydrogen-bond donors (Lipinski definition) is 1. The summed E-state index contributed by atoms with van der Waals surface area (Å²) in [6.07, 6.45) is 4.62. The predicted molar refractivity (Wildman–Crippen MR) is 147 cm³/mol. The summed E-state index contributed by atoms with van der Waals surface area (Å²) < 4.78 is 0. The number of benzene rings is 3. The molecule has 4 nitrogen and oxygen atoms in total. The number of nitrogens with one attached hydrogen (secondary N) is 1. The van der Waals surface area contributed by atoms with E-state index >= 15 is 0 Å². The van der Waals surface area contributed by atoms with Crippen LogP contribution in [0.1, 0.15) is 42.4 Å². The molecule has 0 aliphatic heterocycles. The molecular formula is C29H29Cl3N2O2. The van der Waals surface area contributed by atoms with Crippen molar-refractivity contribution in [3.8, 4) is 0 Å². The zero-order valence-corrected chi connectivity index (χ0v) is 22.2. The number of nitrogens with zero attached hydrogens (tertiary/aromatic N) is 1. The van der Waals surface area contributed by atoms with Gasteiger partial charge in [0.15, 0.2) is 0 Å². The lowest BCUT2D eigenvalue weighted by Crippen LogP contribution is -2.52. The zero-order chi connectivity index (χ0) is 25.5. The molecule has 2 amide bonds. The Kier molecular flexibility index (Phi) is 9.30. The van der Waals surface area contributed by atoms with Gasteiger partial charge in [0.25, 0.3) is 0 Å². The van der Waals surface area contributed by atoms with Gasteiger partial charge in [0.05, 0.1) is 16.5 Å². The lowest BCUT2D eigenvalue weighted by Gasteiger charge is -2.32. The maximum atomic E-state index is 13.8. The maximum Gasteiger partial charge on any atom is 0.243 e. The van der Waals surface area contributed by atoms with Gasteiger partial charge in [-0.1, -0.05) is 102 Å². The van der Waals surface area contributed by atoms with Crippen LogP contribution in [0.5, 0.6) is 0 Å². The molecule has 3 aromatic carbocycles. The molecule has 0 aromatic heterocycles. The molecule has 1 atom stereocenters. The summed E-state index contributed by atoms with van der Waals surface area (Å²) in [6, 6.07) is 21.8. The molecule has 1 aliphatic carbocycles. The van der Waals surface area contributed by atoms with Crippen LogP contribution in [0.2, 0.25) is 15.1 Å². The van der Waals surface area contributed by atoms with Gasteiger partial charge in [0.1, 0.15) is 6.04 Å². The van der Waals surface area contributed by atoms with Crippen molar-refractivity contribution in [3.63, 3.8) is 0 Å². The number of carbonyl (C=O) groups excluding carboxylic acids is 2. The molecule has 0 saturated heterocycles. The fourth-order valence-corrected chi connectivity index (χ4v) is 5.17. The molecule has 1 fully saturated rings. The largest absolute Gasteiger partial charge is 0.352 e. The van der Waals surface area contributed by atoms with Gasteiger partial charge < -0.3 is 10.2 Å². The van der Waals surface area contributed by atoms with E-state index in [1.807, 2.05) is 48.5 Å². The highest BCUT2D eigenvalue weighted by molar-refractivity contribution is 6.42. The van der Waals surface area contributed by atoms with Crippen LogP contribution in [-0.2, 0) is 29.0 Å². The number of hydrogen-bond acceptors (Lipinski definition) is 2. The van der Waals surface area contributed by atoms with E-state index in [0.29, 0.717) is 21.5 Å². The molecule has 0 bridgehead atoms. The first-order chi connectivity index (χ1) is 17.4. The molecule has 0 spiro atoms. The number of amides is 2. The highest BCUT2D eigenvalue weighted by Gasteiger charge is 2.32. The molecule has 36 heavy (non-hydrogen) atoms. The molecule has 188 valence electrons. The Bertz CT molecular complexity index is 1200. The van der Waals surface area contributed by atoms with Crippen LogP contribution >= 0.6 is 34.8 Å². The molecule has 0 unspecified atom stereocenters. The molecule has 4 rings (SSSR count). The van der Waals surface area contributed by atoms with E-state index in [1.165, 1.54) is 0 Å². The summed E-state index contributed by atoms with van der Waals surface area (Å²) in [7, 11) is 0. The monoisotopic (exact) mass is 542 g/mol. The second-order valence-electron chi connectivity index (χ2n) is 9.23. The third-order valence-electron chi connectivity index (χ3n) is 6.61. The Hall–Kier alpha value is -2.53. The maximum absolute atomic E-state index is 13.8. The molecule has 1 N–H and O–H groups in total. The summed E-state index contributed by atoms with van der Waals surface area (Å²) in [5, 5.41) is 4.58. The van der Waals surface area contributed by atoms with Crippen LogP contribution in [0, 0.1) is 0 Å². The van der Waals surface area contributed by atoms with Crippen LogP contribution in [-0.4, -0.2) is 28.8 Å². The van der Waals surface area contributed by atoms with Gasteiger partial charge in [-0.05, 0) is 47.7 Å². The lowest BCUT2D eigenvalue weighted by molar-refractivity contribution is -0.141. The third-order valence-corrected chi connectivity index (χ3v) is 7.72. The van der Waals surface area contributed by atoms with Crippen molar-refractivity contribution >= 4 is 46.6 Å². The second kappa shape index (κ2) is 12.6.